The number of hydrogen-bond donors (Lipinski definition) is 1. The molecule has 3 rings (SSSR count). The van der Waals surface area contributed by atoms with E-state index in [1.54, 1.807) is 0 Å². The summed E-state index contributed by atoms with van der Waals surface area (Å²) < 4.78 is 5.92. The van der Waals surface area contributed by atoms with E-state index in [2.05, 4.69) is 47.5 Å². The smallest absolute Gasteiger partial charge is 0.120 e. The van der Waals surface area contributed by atoms with Gasteiger partial charge in [0.25, 0.3) is 0 Å². The number of rotatable bonds is 5. The van der Waals surface area contributed by atoms with Crippen LogP contribution < -0.4 is 10.1 Å². The Labute approximate surface area is 132 Å². The van der Waals surface area contributed by atoms with Crippen molar-refractivity contribution in [2.24, 2.45) is 0 Å². The summed E-state index contributed by atoms with van der Waals surface area (Å²) in [7, 11) is 0. The number of ether oxygens (including phenoxy) is 1. The molecule has 0 aromatic heterocycles. The highest BCUT2D eigenvalue weighted by Crippen LogP contribution is 2.18. The maximum absolute atomic E-state index is 5.92. The second-order valence-electron chi connectivity index (χ2n) is 5.95. The van der Waals surface area contributed by atoms with Gasteiger partial charge < -0.3 is 10.1 Å². The molecule has 0 saturated carbocycles. The molecule has 0 bridgehead atoms. The molecule has 1 saturated heterocycles. The third-order valence-electron chi connectivity index (χ3n) is 4.17. The number of nitrogens with zero attached hydrogens (tertiary/aromatic N) is 1. The van der Waals surface area contributed by atoms with Crippen molar-refractivity contribution < 1.29 is 4.74 Å². The number of piperazine rings is 1. The summed E-state index contributed by atoms with van der Waals surface area (Å²) in [5, 5.41) is 3.43. The van der Waals surface area contributed by atoms with Crippen LogP contribution in [0, 0.1) is 0 Å². The fourth-order valence-corrected chi connectivity index (χ4v) is 2.83. The van der Waals surface area contributed by atoms with Crippen LogP contribution in [-0.4, -0.2) is 30.6 Å². The molecule has 0 unspecified atom stereocenters. The van der Waals surface area contributed by atoms with Gasteiger partial charge in [0.2, 0.25) is 0 Å². The fourth-order valence-electron chi connectivity index (χ4n) is 2.83. The molecule has 3 nitrogen and oxygen atoms in total. The highest BCUT2D eigenvalue weighted by Gasteiger charge is 2.17. The lowest BCUT2D eigenvalue weighted by molar-refractivity contribution is 0.165. The lowest BCUT2D eigenvalue weighted by atomic mass is 10.1. The zero-order valence-electron chi connectivity index (χ0n) is 13.2. The zero-order chi connectivity index (χ0) is 15.2. The minimum absolute atomic E-state index is 0.586. The van der Waals surface area contributed by atoms with Crippen molar-refractivity contribution in [2.45, 2.75) is 26.1 Å². The SMILES string of the molecule is C[C@@H]1CNCCN1Cc1cccc(OCc2ccccc2)c1. The molecule has 1 atom stereocenters. The summed E-state index contributed by atoms with van der Waals surface area (Å²) in [5.74, 6) is 0.948. The number of hydrogen-bond acceptors (Lipinski definition) is 3. The summed E-state index contributed by atoms with van der Waals surface area (Å²) in [6.07, 6.45) is 0. The van der Waals surface area contributed by atoms with Crippen molar-refractivity contribution in [2.75, 3.05) is 19.6 Å². The Kier molecular flexibility index (Phi) is 5.09. The van der Waals surface area contributed by atoms with Crippen LogP contribution in [0.4, 0.5) is 0 Å². The third-order valence-corrected chi connectivity index (χ3v) is 4.17. The van der Waals surface area contributed by atoms with Crippen LogP contribution in [0.2, 0.25) is 0 Å². The van der Waals surface area contributed by atoms with Crippen molar-refractivity contribution in [3.63, 3.8) is 0 Å². The first kappa shape index (κ1) is 15.1. The van der Waals surface area contributed by atoms with Crippen LogP contribution in [0.1, 0.15) is 18.1 Å². The summed E-state index contributed by atoms with van der Waals surface area (Å²) in [5.41, 5.74) is 2.52. The topological polar surface area (TPSA) is 24.5 Å². The predicted molar refractivity (Wildman–Crippen MR) is 90.0 cm³/mol. The summed E-state index contributed by atoms with van der Waals surface area (Å²) in [6, 6.07) is 19.3. The molecule has 116 valence electrons. The second kappa shape index (κ2) is 7.43. The van der Waals surface area contributed by atoms with E-state index in [-0.39, 0.29) is 0 Å². The lowest BCUT2D eigenvalue weighted by Crippen LogP contribution is -2.49. The Hall–Kier alpha value is -1.84. The van der Waals surface area contributed by atoms with Crippen LogP contribution in [0.3, 0.4) is 0 Å². The molecule has 1 aliphatic heterocycles. The van der Waals surface area contributed by atoms with Gasteiger partial charge in [-0.3, -0.25) is 4.90 Å². The van der Waals surface area contributed by atoms with E-state index in [0.717, 1.165) is 31.9 Å². The summed E-state index contributed by atoms with van der Waals surface area (Å²) in [6.45, 7) is 7.15. The van der Waals surface area contributed by atoms with E-state index in [1.807, 2.05) is 24.3 Å². The minimum atomic E-state index is 0.586. The van der Waals surface area contributed by atoms with Crippen LogP contribution in [0.15, 0.2) is 54.6 Å². The third kappa shape index (κ3) is 4.09. The fraction of sp³-hybridized carbons (Fsp3) is 0.368. The Morgan fingerprint density at radius 3 is 2.73 bits per heavy atom. The van der Waals surface area contributed by atoms with Gasteiger partial charge in [0.15, 0.2) is 0 Å². The Morgan fingerprint density at radius 2 is 1.91 bits per heavy atom. The Bertz CT molecular complexity index is 585. The van der Waals surface area contributed by atoms with Gasteiger partial charge in [-0.1, -0.05) is 42.5 Å². The van der Waals surface area contributed by atoms with Gasteiger partial charge in [0, 0.05) is 32.2 Å². The molecule has 2 aromatic rings. The molecule has 0 spiro atoms. The summed E-state index contributed by atoms with van der Waals surface area (Å²) >= 11 is 0. The van der Waals surface area contributed by atoms with Crippen LogP contribution in [0.25, 0.3) is 0 Å². The monoisotopic (exact) mass is 296 g/mol. The van der Waals surface area contributed by atoms with Gasteiger partial charge >= 0.3 is 0 Å². The average Bonchev–Trinajstić information content (AvgIpc) is 2.57. The van der Waals surface area contributed by atoms with Gasteiger partial charge in [-0.25, -0.2) is 0 Å². The molecule has 1 N–H and O–H groups in total. The van der Waals surface area contributed by atoms with Crippen molar-refractivity contribution in [3.05, 3.63) is 65.7 Å². The van der Waals surface area contributed by atoms with Gasteiger partial charge in [-0.2, -0.15) is 0 Å². The van der Waals surface area contributed by atoms with Crippen LogP contribution >= 0.6 is 0 Å². The molecular weight excluding hydrogens is 272 g/mol. The number of nitrogens with one attached hydrogen (secondary N) is 1. The van der Waals surface area contributed by atoms with Gasteiger partial charge in [-0.05, 0) is 30.2 Å². The van der Waals surface area contributed by atoms with E-state index >= 15 is 0 Å². The molecule has 0 radical (unpaired) electrons. The van der Waals surface area contributed by atoms with E-state index in [4.69, 9.17) is 4.74 Å². The molecule has 1 aliphatic rings. The average molecular weight is 296 g/mol. The van der Waals surface area contributed by atoms with Crippen molar-refractivity contribution in [3.8, 4) is 5.75 Å². The first-order valence-corrected chi connectivity index (χ1v) is 8.02. The van der Waals surface area contributed by atoms with E-state index < -0.39 is 0 Å². The maximum Gasteiger partial charge on any atom is 0.120 e. The molecule has 0 aliphatic carbocycles. The molecular formula is C19H24N2O. The van der Waals surface area contributed by atoms with Gasteiger partial charge in [0.1, 0.15) is 12.4 Å². The van der Waals surface area contributed by atoms with E-state index in [0.29, 0.717) is 12.6 Å². The lowest BCUT2D eigenvalue weighted by Gasteiger charge is -2.33. The van der Waals surface area contributed by atoms with Crippen molar-refractivity contribution >= 4 is 0 Å². The van der Waals surface area contributed by atoms with Crippen molar-refractivity contribution in [1.29, 1.82) is 0 Å². The first-order chi connectivity index (χ1) is 10.8. The molecule has 1 fully saturated rings. The number of benzene rings is 2. The quantitative estimate of drug-likeness (QED) is 0.918. The Balaban J connectivity index is 1.60. The molecule has 0 amide bonds. The van der Waals surface area contributed by atoms with Crippen LogP contribution in [0.5, 0.6) is 5.75 Å². The largest absolute Gasteiger partial charge is 0.489 e. The molecule has 2 aromatic carbocycles. The van der Waals surface area contributed by atoms with Crippen molar-refractivity contribution in [1.82, 2.24) is 10.2 Å². The van der Waals surface area contributed by atoms with Gasteiger partial charge in [-0.15, -0.1) is 0 Å². The normalized spacial score (nSPS) is 19.0. The Morgan fingerprint density at radius 1 is 1.09 bits per heavy atom. The highest BCUT2D eigenvalue weighted by molar-refractivity contribution is 5.29. The minimum Gasteiger partial charge on any atom is -0.489 e. The van der Waals surface area contributed by atoms with Gasteiger partial charge in [0.05, 0.1) is 0 Å². The highest BCUT2D eigenvalue weighted by atomic mass is 16.5. The predicted octanol–water partition coefficient (Wildman–Crippen LogP) is 3.06. The van der Waals surface area contributed by atoms with Crippen LogP contribution in [-0.2, 0) is 13.2 Å². The zero-order valence-corrected chi connectivity index (χ0v) is 13.2. The standard InChI is InChI=1S/C19H24N2O/c1-16-13-20-10-11-21(16)14-18-8-5-9-19(12-18)22-15-17-6-3-2-4-7-17/h2-9,12,16,20H,10-11,13-15H2,1H3/t16-/m1/s1. The molecule has 3 heteroatoms. The van der Waals surface area contributed by atoms with E-state index in [1.165, 1.54) is 11.1 Å². The first-order valence-electron chi connectivity index (χ1n) is 8.02. The maximum atomic E-state index is 5.92. The molecule has 22 heavy (non-hydrogen) atoms. The molecule has 1 heterocycles. The second-order valence-corrected chi connectivity index (χ2v) is 5.95. The summed E-state index contributed by atoms with van der Waals surface area (Å²) in [4.78, 5) is 2.52. The van der Waals surface area contributed by atoms with E-state index in [9.17, 15) is 0 Å².